The van der Waals surface area contributed by atoms with Crippen molar-refractivity contribution in [3.8, 4) is 22.8 Å². The van der Waals surface area contributed by atoms with E-state index in [-0.39, 0.29) is 33.7 Å². The van der Waals surface area contributed by atoms with E-state index in [9.17, 15) is 21.6 Å². The highest BCUT2D eigenvalue weighted by Crippen LogP contribution is 2.43. The van der Waals surface area contributed by atoms with Gasteiger partial charge in [-0.15, -0.1) is 0 Å². The Kier molecular flexibility index (Phi) is 8.72. The molecule has 3 heterocycles. The van der Waals surface area contributed by atoms with Crippen molar-refractivity contribution in [2.75, 3.05) is 14.2 Å². The third-order valence-corrected chi connectivity index (χ3v) is 10.3. The van der Waals surface area contributed by atoms with Crippen LogP contribution in [0.4, 0.5) is 13.2 Å². The number of hydrogen-bond acceptors (Lipinski definition) is 7. The summed E-state index contributed by atoms with van der Waals surface area (Å²) in [6, 6.07) is 20.1. The van der Waals surface area contributed by atoms with Crippen molar-refractivity contribution in [3.05, 3.63) is 102 Å². The topological polar surface area (TPSA) is 87.4 Å². The molecule has 0 aliphatic heterocycles. The first kappa shape index (κ1) is 32.5. The second-order valence-electron chi connectivity index (χ2n) is 11.0. The molecule has 0 radical (unpaired) electrons. The predicted octanol–water partition coefficient (Wildman–Crippen LogP) is 7.66. The number of aryl methyl sites for hydroxylation is 2. The number of benzene rings is 3. The largest absolute Gasteiger partial charge is 0.493 e. The number of hydrogen-bond donors (Lipinski definition) is 1. The van der Waals surface area contributed by atoms with Crippen LogP contribution < -0.4 is 14.8 Å². The Bertz CT molecular complexity index is 2190. The summed E-state index contributed by atoms with van der Waals surface area (Å²) in [5, 5.41) is 4.76. The molecule has 0 fully saturated rings. The van der Waals surface area contributed by atoms with Crippen molar-refractivity contribution in [2.24, 2.45) is 7.05 Å². The standard InChI is InChI=1S/C34H31F3N4O4S2/c1-21-7-13-24(14-8-21)47(42,43)41-32(28-20-40(2)29-17-31(45-4)30(44-3)16-26(28)29)27(25-6-5-15-39-33(25)41)19-38-18-22-9-11-23(12-10-22)46-34(35,36)37/h5-17,20,38H,18-19H2,1-4H3. The number of thioether (sulfide) groups is 1. The van der Waals surface area contributed by atoms with Crippen LogP contribution in [0.25, 0.3) is 33.2 Å². The minimum Gasteiger partial charge on any atom is -0.493 e. The van der Waals surface area contributed by atoms with Gasteiger partial charge in [0.25, 0.3) is 10.0 Å². The summed E-state index contributed by atoms with van der Waals surface area (Å²) < 4.78 is 81.9. The molecule has 3 aromatic heterocycles. The van der Waals surface area contributed by atoms with Gasteiger partial charge in [-0.3, -0.25) is 0 Å². The lowest BCUT2D eigenvalue weighted by Gasteiger charge is -2.14. The second-order valence-corrected chi connectivity index (χ2v) is 13.9. The van der Waals surface area contributed by atoms with Gasteiger partial charge in [0.1, 0.15) is 0 Å². The third-order valence-electron chi connectivity index (χ3n) is 7.89. The lowest BCUT2D eigenvalue weighted by Crippen LogP contribution is -2.17. The zero-order valence-electron chi connectivity index (χ0n) is 25.9. The number of nitrogens with one attached hydrogen (secondary N) is 1. The lowest BCUT2D eigenvalue weighted by molar-refractivity contribution is -0.0328. The Hall–Kier alpha value is -4.46. The molecule has 1 N–H and O–H groups in total. The molecule has 13 heteroatoms. The fourth-order valence-corrected chi connectivity index (χ4v) is 7.74. The lowest BCUT2D eigenvalue weighted by atomic mass is 10.0. The van der Waals surface area contributed by atoms with Crippen LogP contribution in [0.3, 0.4) is 0 Å². The maximum absolute atomic E-state index is 14.5. The molecule has 0 spiro atoms. The van der Waals surface area contributed by atoms with Crippen molar-refractivity contribution >= 4 is 43.7 Å². The molecule has 0 amide bonds. The van der Waals surface area contributed by atoms with Crippen LogP contribution in [0, 0.1) is 6.92 Å². The van der Waals surface area contributed by atoms with E-state index in [1.807, 2.05) is 42.9 Å². The predicted molar refractivity (Wildman–Crippen MR) is 177 cm³/mol. The molecule has 244 valence electrons. The molecule has 0 atom stereocenters. The number of nitrogens with zero attached hydrogens (tertiary/aromatic N) is 3. The normalized spacial score (nSPS) is 12.2. The third kappa shape index (κ3) is 6.30. The number of pyridine rings is 1. The Morgan fingerprint density at radius 2 is 1.60 bits per heavy atom. The van der Waals surface area contributed by atoms with E-state index in [4.69, 9.17) is 9.47 Å². The molecule has 3 aromatic carbocycles. The maximum atomic E-state index is 14.5. The van der Waals surface area contributed by atoms with Crippen molar-refractivity contribution in [1.29, 1.82) is 0 Å². The van der Waals surface area contributed by atoms with Crippen LogP contribution in [0.15, 0.2) is 95.0 Å². The SMILES string of the molecule is COc1cc2c(-c3c(CNCc4ccc(SC(F)(F)F)cc4)c4cccnc4n3S(=O)(=O)c3ccc(C)cc3)cn(C)c2cc1OC. The Balaban J connectivity index is 1.52. The van der Waals surface area contributed by atoms with Crippen molar-refractivity contribution in [1.82, 2.24) is 18.8 Å². The first-order valence-corrected chi connectivity index (χ1v) is 16.7. The van der Waals surface area contributed by atoms with Gasteiger partial charge in [-0.25, -0.2) is 17.4 Å². The van der Waals surface area contributed by atoms with Crippen LogP contribution in [-0.2, 0) is 30.2 Å². The monoisotopic (exact) mass is 680 g/mol. The summed E-state index contributed by atoms with van der Waals surface area (Å²) in [6.45, 7) is 2.45. The summed E-state index contributed by atoms with van der Waals surface area (Å²) in [5.41, 5.74) is 0.156. The summed E-state index contributed by atoms with van der Waals surface area (Å²) >= 11 is -0.163. The first-order valence-electron chi connectivity index (χ1n) is 14.5. The van der Waals surface area contributed by atoms with Gasteiger partial charge >= 0.3 is 5.51 Å². The summed E-state index contributed by atoms with van der Waals surface area (Å²) in [7, 11) is 0.807. The quantitative estimate of drug-likeness (QED) is 0.149. The van der Waals surface area contributed by atoms with Gasteiger partial charge in [0, 0.05) is 65.4 Å². The van der Waals surface area contributed by atoms with Crippen molar-refractivity contribution in [3.63, 3.8) is 0 Å². The zero-order valence-corrected chi connectivity index (χ0v) is 27.6. The van der Waals surface area contributed by atoms with Crippen LogP contribution >= 0.6 is 11.8 Å². The number of ether oxygens (including phenoxy) is 2. The van der Waals surface area contributed by atoms with E-state index in [0.29, 0.717) is 40.3 Å². The molecule has 0 bridgehead atoms. The molecular weight excluding hydrogens is 650 g/mol. The van der Waals surface area contributed by atoms with Gasteiger partial charge in [0.2, 0.25) is 0 Å². The highest BCUT2D eigenvalue weighted by molar-refractivity contribution is 8.00. The molecule has 0 aliphatic rings. The Labute approximate surface area is 274 Å². The van der Waals surface area contributed by atoms with E-state index in [1.54, 1.807) is 62.9 Å². The Morgan fingerprint density at radius 3 is 2.26 bits per heavy atom. The summed E-state index contributed by atoms with van der Waals surface area (Å²) in [4.78, 5) is 4.77. The first-order chi connectivity index (χ1) is 22.4. The van der Waals surface area contributed by atoms with Crippen LogP contribution in [0.2, 0.25) is 0 Å². The van der Waals surface area contributed by atoms with E-state index in [2.05, 4.69) is 10.3 Å². The van der Waals surface area contributed by atoms with E-state index in [1.165, 1.54) is 16.1 Å². The summed E-state index contributed by atoms with van der Waals surface area (Å²) in [6.07, 6.45) is 3.43. The molecule has 0 saturated carbocycles. The van der Waals surface area contributed by atoms with E-state index in [0.717, 1.165) is 22.0 Å². The minimum absolute atomic E-state index is 0.0991. The average molecular weight is 681 g/mol. The van der Waals surface area contributed by atoms with Crippen LogP contribution in [0.1, 0.15) is 16.7 Å². The van der Waals surface area contributed by atoms with Gasteiger partial charge in [0.05, 0.1) is 30.3 Å². The molecule has 6 aromatic rings. The second kappa shape index (κ2) is 12.6. The molecule has 0 unspecified atom stereocenters. The maximum Gasteiger partial charge on any atom is 0.446 e. The molecule has 6 rings (SSSR count). The van der Waals surface area contributed by atoms with E-state index >= 15 is 0 Å². The van der Waals surface area contributed by atoms with Gasteiger partial charge in [0.15, 0.2) is 17.1 Å². The summed E-state index contributed by atoms with van der Waals surface area (Å²) in [5.74, 6) is 1.02. The minimum atomic E-state index is -4.37. The van der Waals surface area contributed by atoms with Crippen molar-refractivity contribution in [2.45, 2.75) is 35.3 Å². The molecule has 8 nitrogen and oxygen atoms in total. The Morgan fingerprint density at radius 1 is 0.915 bits per heavy atom. The number of fused-ring (bicyclic) bond motifs is 2. The number of alkyl halides is 3. The fraction of sp³-hybridized carbons (Fsp3) is 0.206. The van der Waals surface area contributed by atoms with Gasteiger partial charge in [-0.1, -0.05) is 29.8 Å². The number of methoxy groups -OCH3 is 2. The smallest absolute Gasteiger partial charge is 0.446 e. The van der Waals surface area contributed by atoms with Crippen LogP contribution in [0.5, 0.6) is 11.5 Å². The van der Waals surface area contributed by atoms with Gasteiger partial charge < -0.3 is 19.4 Å². The van der Waals surface area contributed by atoms with Gasteiger partial charge in [-0.2, -0.15) is 13.2 Å². The molecule has 0 saturated heterocycles. The highest BCUT2D eigenvalue weighted by atomic mass is 32.2. The number of aromatic nitrogens is 3. The zero-order chi connectivity index (χ0) is 33.5. The number of halogens is 3. The fourth-order valence-electron chi connectivity index (χ4n) is 5.69. The number of rotatable bonds is 10. The molecule has 47 heavy (non-hydrogen) atoms. The molecule has 0 aliphatic carbocycles. The molecular formula is C34H31F3N4O4S2. The van der Waals surface area contributed by atoms with Crippen molar-refractivity contribution < 1.29 is 31.1 Å². The average Bonchev–Trinajstić information content (AvgIpc) is 3.54. The van der Waals surface area contributed by atoms with Gasteiger partial charge in [-0.05, 0) is 66.7 Å². The van der Waals surface area contributed by atoms with E-state index < -0.39 is 15.5 Å². The van der Waals surface area contributed by atoms with Crippen LogP contribution in [-0.4, -0.2) is 41.7 Å². The highest BCUT2D eigenvalue weighted by Gasteiger charge is 2.31.